The van der Waals surface area contributed by atoms with Gasteiger partial charge in [0.1, 0.15) is 5.60 Å². The molecule has 1 amide bonds. The van der Waals surface area contributed by atoms with Crippen molar-refractivity contribution in [1.29, 1.82) is 0 Å². The van der Waals surface area contributed by atoms with Crippen LogP contribution in [0.25, 0.3) is 0 Å². The number of carbonyl (C=O) groups excluding carboxylic acids is 1. The van der Waals surface area contributed by atoms with E-state index in [-0.39, 0.29) is 24.6 Å². The molecule has 30 heavy (non-hydrogen) atoms. The van der Waals surface area contributed by atoms with Crippen molar-refractivity contribution in [2.75, 3.05) is 65.7 Å². The fourth-order valence-corrected chi connectivity index (χ4v) is 4.08. The Morgan fingerprint density at radius 3 is 2.30 bits per heavy atom. The Hall–Kier alpha value is -1.59. The van der Waals surface area contributed by atoms with Crippen LogP contribution in [0.3, 0.4) is 0 Å². The van der Waals surface area contributed by atoms with Crippen LogP contribution in [0.15, 0.2) is 4.99 Å². The summed E-state index contributed by atoms with van der Waals surface area (Å²) in [5.74, 6) is 0.683. The van der Waals surface area contributed by atoms with Gasteiger partial charge >= 0.3 is 6.09 Å². The number of sulfonamides is 1. The van der Waals surface area contributed by atoms with E-state index in [1.54, 1.807) is 14.1 Å². The summed E-state index contributed by atoms with van der Waals surface area (Å²) in [6, 6.07) is 0. The third-order valence-corrected chi connectivity index (χ3v) is 6.21. The lowest BCUT2D eigenvalue weighted by Crippen LogP contribution is -2.54. The van der Waals surface area contributed by atoms with Gasteiger partial charge in [0.15, 0.2) is 5.96 Å². The molecule has 0 spiro atoms. The molecule has 1 fully saturated rings. The highest BCUT2D eigenvalue weighted by Gasteiger charge is 2.28. The summed E-state index contributed by atoms with van der Waals surface area (Å²) in [6.45, 7) is 12.3. The standard InChI is InChI=1S/C19H39N5O5S/c1-16(2)28-14-15-30(26,27)24-12-10-23(11-13-24)17(20-6)21-8-9-22(7)18(25)29-19(3,4)5/h16H,8-15H2,1-7H3,(H,20,21). The van der Waals surface area contributed by atoms with Gasteiger partial charge in [0.2, 0.25) is 10.0 Å². The van der Waals surface area contributed by atoms with Crippen LogP contribution in [-0.4, -0.2) is 112 Å². The molecule has 1 rings (SSSR count). The maximum Gasteiger partial charge on any atom is 0.410 e. The van der Waals surface area contributed by atoms with Crippen LogP contribution in [0.2, 0.25) is 0 Å². The Morgan fingerprint density at radius 2 is 1.80 bits per heavy atom. The number of ether oxygens (including phenoxy) is 2. The summed E-state index contributed by atoms with van der Waals surface area (Å²) < 4.78 is 37.1. The van der Waals surface area contributed by atoms with Crippen LogP contribution < -0.4 is 5.32 Å². The molecule has 1 aliphatic heterocycles. The van der Waals surface area contributed by atoms with E-state index in [1.165, 1.54) is 9.21 Å². The second-order valence-corrected chi connectivity index (χ2v) is 10.6. The fourth-order valence-electron chi connectivity index (χ4n) is 2.80. The first-order chi connectivity index (χ1) is 13.9. The van der Waals surface area contributed by atoms with Crippen LogP contribution in [-0.2, 0) is 19.5 Å². The number of rotatable bonds is 8. The second kappa shape index (κ2) is 11.7. The lowest BCUT2D eigenvalue weighted by atomic mass is 10.2. The van der Waals surface area contributed by atoms with Crippen LogP contribution in [0, 0.1) is 0 Å². The zero-order valence-electron chi connectivity index (χ0n) is 19.5. The third kappa shape index (κ3) is 9.48. The number of nitrogens with zero attached hydrogens (tertiary/aromatic N) is 4. The van der Waals surface area contributed by atoms with Crippen molar-refractivity contribution in [2.45, 2.75) is 46.3 Å². The number of hydrogen-bond acceptors (Lipinski definition) is 6. The zero-order chi connectivity index (χ0) is 22.9. The average molecular weight is 450 g/mol. The molecule has 1 saturated heterocycles. The summed E-state index contributed by atoms with van der Waals surface area (Å²) in [5.41, 5.74) is -0.532. The van der Waals surface area contributed by atoms with E-state index in [2.05, 4.69) is 10.3 Å². The molecule has 0 aromatic heterocycles. The Bertz CT molecular complexity index is 667. The molecule has 11 heteroatoms. The highest BCUT2D eigenvalue weighted by Crippen LogP contribution is 2.10. The highest BCUT2D eigenvalue weighted by atomic mass is 32.2. The Kier molecular flexibility index (Phi) is 10.3. The minimum Gasteiger partial charge on any atom is -0.444 e. The van der Waals surface area contributed by atoms with Gasteiger partial charge in [-0.05, 0) is 34.6 Å². The van der Waals surface area contributed by atoms with E-state index in [4.69, 9.17) is 9.47 Å². The van der Waals surface area contributed by atoms with Gasteiger partial charge in [-0.1, -0.05) is 0 Å². The number of amides is 1. The molecule has 176 valence electrons. The molecule has 1 heterocycles. The maximum atomic E-state index is 12.5. The van der Waals surface area contributed by atoms with Crippen molar-refractivity contribution in [2.24, 2.45) is 4.99 Å². The van der Waals surface area contributed by atoms with E-state index in [9.17, 15) is 13.2 Å². The van der Waals surface area contributed by atoms with Crippen molar-refractivity contribution < 1.29 is 22.7 Å². The van der Waals surface area contributed by atoms with E-state index in [0.717, 1.165) is 0 Å². The maximum absolute atomic E-state index is 12.5. The number of guanidine groups is 1. The number of carbonyl (C=O) groups is 1. The zero-order valence-corrected chi connectivity index (χ0v) is 20.3. The van der Waals surface area contributed by atoms with Gasteiger partial charge in [0, 0.05) is 53.4 Å². The number of nitrogens with one attached hydrogen (secondary N) is 1. The first kappa shape index (κ1) is 26.4. The Morgan fingerprint density at radius 1 is 1.20 bits per heavy atom. The number of hydrogen-bond donors (Lipinski definition) is 1. The van der Waals surface area contributed by atoms with Gasteiger partial charge < -0.3 is 24.6 Å². The minimum absolute atomic E-state index is 0.00481. The second-order valence-electron chi connectivity index (χ2n) is 8.50. The molecular weight excluding hydrogens is 410 g/mol. The Labute approximate surface area is 181 Å². The van der Waals surface area contributed by atoms with Crippen molar-refractivity contribution >= 4 is 22.1 Å². The molecule has 0 aliphatic carbocycles. The van der Waals surface area contributed by atoms with Crippen LogP contribution in [0.4, 0.5) is 4.79 Å². The molecule has 0 unspecified atom stereocenters. The van der Waals surface area contributed by atoms with Gasteiger partial charge in [-0.3, -0.25) is 4.99 Å². The quantitative estimate of drug-likeness (QED) is 0.432. The largest absolute Gasteiger partial charge is 0.444 e. The van der Waals surface area contributed by atoms with Crippen molar-refractivity contribution in [1.82, 2.24) is 19.4 Å². The average Bonchev–Trinajstić information content (AvgIpc) is 2.63. The number of aliphatic imine (C=N–C) groups is 1. The third-order valence-electron chi connectivity index (χ3n) is 4.37. The molecular formula is C19H39N5O5S. The van der Waals surface area contributed by atoms with Crippen LogP contribution in [0.5, 0.6) is 0 Å². The summed E-state index contributed by atoms with van der Waals surface area (Å²) in [6.07, 6.45) is -0.361. The van der Waals surface area contributed by atoms with Gasteiger partial charge in [-0.15, -0.1) is 0 Å². The first-order valence-electron chi connectivity index (χ1n) is 10.3. The molecule has 0 bridgehead atoms. The first-order valence-corrected chi connectivity index (χ1v) is 12.0. The van der Waals surface area contributed by atoms with Crippen LogP contribution in [0.1, 0.15) is 34.6 Å². The lowest BCUT2D eigenvalue weighted by molar-refractivity contribution is 0.0302. The van der Waals surface area contributed by atoms with E-state index < -0.39 is 15.6 Å². The summed E-state index contributed by atoms with van der Waals surface area (Å²) in [5, 5.41) is 3.23. The molecule has 0 aromatic carbocycles. The summed E-state index contributed by atoms with van der Waals surface area (Å²) in [7, 11) is 0.0482. The van der Waals surface area contributed by atoms with Crippen LogP contribution >= 0.6 is 0 Å². The lowest BCUT2D eigenvalue weighted by Gasteiger charge is -2.36. The molecule has 1 N–H and O–H groups in total. The molecule has 0 atom stereocenters. The van der Waals surface area contributed by atoms with E-state index in [1.807, 2.05) is 39.5 Å². The van der Waals surface area contributed by atoms with Gasteiger partial charge in [0.05, 0.1) is 18.5 Å². The predicted molar refractivity (Wildman–Crippen MR) is 118 cm³/mol. The van der Waals surface area contributed by atoms with Gasteiger partial charge in [-0.2, -0.15) is 4.31 Å². The minimum atomic E-state index is -3.32. The van der Waals surface area contributed by atoms with Gasteiger partial charge in [-0.25, -0.2) is 13.2 Å². The van der Waals surface area contributed by atoms with E-state index >= 15 is 0 Å². The SMILES string of the molecule is CN=C(NCCN(C)C(=O)OC(C)(C)C)N1CCN(S(=O)(=O)CCOC(C)C)CC1. The van der Waals surface area contributed by atoms with Crippen molar-refractivity contribution in [3.8, 4) is 0 Å². The number of piperazine rings is 1. The smallest absolute Gasteiger partial charge is 0.410 e. The predicted octanol–water partition coefficient (Wildman–Crippen LogP) is 0.801. The Balaban J connectivity index is 2.44. The van der Waals surface area contributed by atoms with E-state index in [0.29, 0.717) is 45.2 Å². The molecule has 0 saturated carbocycles. The molecule has 1 aliphatic rings. The number of likely N-dealkylation sites (N-methyl/N-ethyl adjacent to an activating group) is 1. The fraction of sp³-hybridized carbons (Fsp3) is 0.895. The van der Waals surface area contributed by atoms with Gasteiger partial charge in [0.25, 0.3) is 0 Å². The monoisotopic (exact) mass is 449 g/mol. The highest BCUT2D eigenvalue weighted by molar-refractivity contribution is 7.89. The normalized spacial score (nSPS) is 16.7. The topological polar surface area (TPSA) is 104 Å². The van der Waals surface area contributed by atoms with Crippen molar-refractivity contribution in [3.05, 3.63) is 0 Å². The summed E-state index contributed by atoms with van der Waals surface area (Å²) >= 11 is 0. The molecule has 10 nitrogen and oxygen atoms in total. The summed E-state index contributed by atoms with van der Waals surface area (Å²) in [4.78, 5) is 19.8. The van der Waals surface area contributed by atoms with Crippen molar-refractivity contribution in [3.63, 3.8) is 0 Å². The molecule has 0 radical (unpaired) electrons. The molecule has 0 aromatic rings.